The highest BCUT2D eigenvalue weighted by molar-refractivity contribution is 9.10. The van der Waals surface area contributed by atoms with Gasteiger partial charge in [-0.05, 0) is 33.2 Å². The van der Waals surface area contributed by atoms with Gasteiger partial charge in [-0.15, -0.1) is 0 Å². The van der Waals surface area contributed by atoms with E-state index in [1.807, 2.05) is 14.1 Å². The second-order valence-corrected chi connectivity index (χ2v) is 5.39. The third-order valence-electron chi connectivity index (χ3n) is 2.87. The minimum atomic E-state index is -0.348. The Morgan fingerprint density at radius 3 is 2.72 bits per heavy atom. The molecule has 0 aromatic heterocycles. The van der Waals surface area contributed by atoms with Crippen molar-refractivity contribution in [2.24, 2.45) is 0 Å². The summed E-state index contributed by atoms with van der Waals surface area (Å²) in [5.41, 5.74) is 0.850. The first-order chi connectivity index (χ1) is 8.41. The molecule has 1 N–H and O–H groups in total. The molecule has 6 heteroatoms. The number of nitro benzene ring substituents is 1. The quantitative estimate of drug-likeness (QED) is 0.647. The Bertz CT molecular complexity index is 424. The zero-order valence-electron chi connectivity index (χ0n) is 10.8. The molecule has 0 heterocycles. The third kappa shape index (κ3) is 4.36. The maximum absolute atomic E-state index is 10.9. The molecule has 5 nitrogen and oxygen atoms in total. The van der Waals surface area contributed by atoms with E-state index in [-0.39, 0.29) is 10.6 Å². The molecule has 0 amide bonds. The Hall–Kier alpha value is -0.980. The summed E-state index contributed by atoms with van der Waals surface area (Å²) >= 11 is 3.33. The number of halogens is 1. The minimum absolute atomic E-state index is 0.156. The Morgan fingerprint density at radius 2 is 2.17 bits per heavy atom. The molecule has 1 aromatic rings. The smallest absolute Gasteiger partial charge is 0.273 e. The van der Waals surface area contributed by atoms with Gasteiger partial charge in [-0.2, -0.15) is 0 Å². The predicted octanol–water partition coefficient (Wildman–Crippen LogP) is 2.40. The van der Waals surface area contributed by atoms with Crippen molar-refractivity contribution in [3.05, 3.63) is 38.3 Å². The van der Waals surface area contributed by atoms with Crippen LogP contribution in [-0.4, -0.2) is 36.5 Å². The second-order valence-electron chi connectivity index (χ2n) is 4.47. The van der Waals surface area contributed by atoms with Crippen LogP contribution in [0.4, 0.5) is 5.69 Å². The van der Waals surface area contributed by atoms with E-state index in [9.17, 15) is 10.1 Å². The standard InChI is InChI=1S/C12H18BrN3O2/c1-9(15(2)3)7-14-8-10-6-11(13)4-5-12(10)16(17)18/h4-6,9,14H,7-8H2,1-3H3. The highest BCUT2D eigenvalue weighted by Crippen LogP contribution is 2.22. The summed E-state index contributed by atoms with van der Waals surface area (Å²) in [5.74, 6) is 0. The molecular formula is C12H18BrN3O2. The Labute approximate surface area is 115 Å². The van der Waals surface area contributed by atoms with Crippen LogP contribution in [0.15, 0.2) is 22.7 Å². The molecule has 0 aliphatic carbocycles. The van der Waals surface area contributed by atoms with Gasteiger partial charge in [-0.3, -0.25) is 10.1 Å². The number of benzene rings is 1. The molecule has 100 valence electrons. The summed E-state index contributed by atoms with van der Waals surface area (Å²) < 4.78 is 0.852. The molecule has 0 saturated carbocycles. The monoisotopic (exact) mass is 315 g/mol. The predicted molar refractivity (Wildman–Crippen MR) is 75.7 cm³/mol. The van der Waals surface area contributed by atoms with E-state index < -0.39 is 0 Å². The molecule has 18 heavy (non-hydrogen) atoms. The van der Waals surface area contributed by atoms with Crippen molar-refractivity contribution in [3.63, 3.8) is 0 Å². The van der Waals surface area contributed by atoms with E-state index in [2.05, 4.69) is 33.1 Å². The van der Waals surface area contributed by atoms with Crippen LogP contribution in [0.2, 0.25) is 0 Å². The fraction of sp³-hybridized carbons (Fsp3) is 0.500. The van der Waals surface area contributed by atoms with Crippen molar-refractivity contribution in [2.75, 3.05) is 20.6 Å². The van der Waals surface area contributed by atoms with E-state index in [0.29, 0.717) is 18.2 Å². The van der Waals surface area contributed by atoms with Crippen LogP contribution in [0.25, 0.3) is 0 Å². The normalized spacial score (nSPS) is 12.7. The van der Waals surface area contributed by atoms with Crippen LogP contribution in [0, 0.1) is 10.1 Å². The molecule has 0 aliphatic heterocycles. The summed E-state index contributed by atoms with van der Waals surface area (Å²) in [5, 5.41) is 14.1. The lowest BCUT2D eigenvalue weighted by atomic mass is 10.2. The summed E-state index contributed by atoms with van der Waals surface area (Å²) in [7, 11) is 4.02. The molecular weight excluding hydrogens is 298 g/mol. The second kappa shape index (κ2) is 6.82. The molecule has 0 spiro atoms. The number of nitro groups is 1. The lowest BCUT2D eigenvalue weighted by molar-refractivity contribution is -0.385. The first-order valence-electron chi connectivity index (χ1n) is 5.71. The number of nitrogens with zero attached hydrogens (tertiary/aromatic N) is 2. The number of hydrogen-bond donors (Lipinski definition) is 1. The van der Waals surface area contributed by atoms with E-state index in [1.165, 1.54) is 6.07 Å². The third-order valence-corrected chi connectivity index (χ3v) is 3.37. The van der Waals surface area contributed by atoms with Crippen molar-refractivity contribution in [2.45, 2.75) is 19.5 Å². The van der Waals surface area contributed by atoms with Crippen LogP contribution >= 0.6 is 15.9 Å². The average Bonchev–Trinajstić information content (AvgIpc) is 2.28. The lowest BCUT2D eigenvalue weighted by Gasteiger charge is -2.20. The molecule has 0 fully saturated rings. The zero-order chi connectivity index (χ0) is 13.7. The molecule has 0 bridgehead atoms. The fourth-order valence-corrected chi connectivity index (χ4v) is 1.88. The topological polar surface area (TPSA) is 58.4 Å². The number of likely N-dealkylation sites (N-methyl/N-ethyl adjacent to an activating group) is 1. The van der Waals surface area contributed by atoms with Crippen molar-refractivity contribution in [1.82, 2.24) is 10.2 Å². The molecule has 1 unspecified atom stereocenters. The summed E-state index contributed by atoms with van der Waals surface area (Å²) in [6, 6.07) is 5.38. The zero-order valence-corrected chi connectivity index (χ0v) is 12.4. The van der Waals surface area contributed by atoms with Gasteiger partial charge in [0.05, 0.1) is 4.92 Å². The van der Waals surface area contributed by atoms with Gasteiger partial charge in [0.2, 0.25) is 0 Å². The summed E-state index contributed by atoms with van der Waals surface area (Å²) in [4.78, 5) is 12.6. The van der Waals surface area contributed by atoms with Gasteiger partial charge < -0.3 is 10.2 Å². The van der Waals surface area contributed by atoms with Crippen LogP contribution in [0.3, 0.4) is 0 Å². The van der Waals surface area contributed by atoms with Crippen molar-refractivity contribution >= 4 is 21.6 Å². The van der Waals surface area contributed by atoms with Gasteiger partial charge in [0.15, 0.2) is 0 Å². The van der Waals surface area contributed by atoms with Crippen LogP contribution in [0.5, 0.6) is 0 Å². The highest BCUT2D eigenvalue weighted by Gasteiger charge is 2.13. The Morgan fingerprint density at radius 1 is 1.50 bits per heavy atom. The highest BCUT2D eigenvalue weighted by atomic mass is 79.9. The average molecular weight is 316 g/mol. The number of hydrogen-bond acceptors (Lipinski definition) is 4. The van der Waals surface area contributed by atoms with Crippen LogP contribution in [-0.2, 0) is 6.54 Å². The van der Waals surface area contributed by atoms with Crippen molar-refractivity contribution in [3.8, 4) is 0 Å². The molecule has 0 aliphatic rings. The van der Waals surface area contributed by atoms with E-state index in [0.717, 1.165) is 11.0 Å². The maximum Gasteiger partial charge on any atom is 0.273 e. The Balaban J connectivity index is 2.66. The minimum Gasteiger partial charge on any atom is -0.311 e. The molecule has 0 radical (unpaired) electrons. The SMILES string of the molecule is CC(CNCc1cc(Br)ccc1[N+](=O)[O-])N(C)C. The van der Waals surface area contributed by atoms with E-state index >= 15 is 0 Å². The fourth-order valence-electron chi connectivity index (χ4n) is 1.47. The van der Waals surface area contributed by atoms with Gasteiger partial charge in [0.25, 0.3) is 5.69 Å². The Kier molecular flexibility index (Phi) is 5.71. The summed E-state index contributed by atoms with van der Waals surface area (Å²) in [6.45, 7) is 3.38. The number of rotatable bonds is 6. The van der Waals surface area contributed by atoms with Gasteiger partial charge in [0, 0.05) is 35.2 Å². The van der Waals surface area contributed by atoms with Crippen molar-refractivity contribution in [1.29, 1.82) is 0 Å². The van der Waals surface area contributed by atoms with Gasteiger partial charge in [0.1, 0.15) is 0 Å². The molecule has 1 rings (SSSR count). The first-order valence-corrected chi connectivity index (χ1v) is 6.51. The molecule has 0 saturated heterocycles. The molecule has 1 atom stereocenters. The summed E-state index contributed by atoms with van der Waals surface area (Å²) in [6.07, 6.45) is 0. The molecule has 1 aromatic carbocycles. The van der Waals surface area contributed by atoms with Crippen molar-refractivity contribution < 1.29 is 4.92 Å². The van der Waals surface area contributed by atoms with Gasteiger partial charge in [-0.1, -0.05) is 15.9 Å². The van der Waals surface area contributed by atoms with E-state index in [1.54, 1.807) is 12.1 Å². The maximum atomic E-state index is 10.9. The lowest BCUT2D eigenvalue weighted by Crippen LogP contribution is -2.35. The number of nitrogens with one attached hydrogen (secondary N) is 1. The van der Waals surface area contributed by atoms with Crippen LogP contribution in [0.1, 0.15) is 12.5 Å². The largest absolute Gasteiger partial charge is 0.311 e. The van der Waals surface area contributed by atoms with Gasteiger partial charge >= 0.3 is 0 Å². The first kappa shape index (κ1) is 15.1. The van der Waals surface area contributed by atoms with Gasteiger partial charge in [-0.25, -0.2) is 0 Å². The van der Waals surface area contributed by atoms with Crippen LogP contribution < -0.4 is 5.32 Å². The van der Waals surface area contributed by atoms with E-state index in [4.69, 9.17) is 0 Å².